The van der Waals surface area contributed by atoms with Gasteiger partial charge in [-0.15, -0.1) is 0 Å². The van der Waals surface area contributed by atoms with E-state index in [0.29, 0.717) is 23.7 Å². The number of piperidine rings is 1. The van der Waals surface area contributed by atoms with Crippen LogP contribution in [0.2, 0.25) is 0 Å². The van der Waals surface area contributed by atoms with Gasteiger partial charge in [0, 0.05) is 32.1 Å². The summed E-state index contributed by atoms with van der Waals surface area (Å²) in [6.07, 6.45) is 3.98. The molecule has 5 nitrogen and oxygen atoms in total. The normalized spacial score (nSPS) is 22.1. The second-order valence-corrected chi connectivity index (χ2v) is 7.20. The Kier molecular flexibility index (Phi) is 4.90. The summed E-state index contributed by atoms with van der Waals surface area (Å²) in [5.74, 6) is 0.602. The summed E-state index contributed by atoms with van der Waals surface area (Å²) >= 11 is 0. The number of benzene rings is 1. The molecule has 1 saturated carbocycles. The molecule has 2 fully saturated rings. The first kappa shape index (κ1) is 17.0. The summed E-state index contributed by atoms with van der Waals surface area (Å²) in [6, 6.07) is 7.52. The van der Waals surface area contributed by atoms with Gasteiger partial charge in [0.25, 0.3) is 5.91 Å². The maximum absolute atomic E-state index is 13.0. The van der Waals surface area contributed by atoms with Crippen LogP contribution in [-0.2, 0) is 4.79 Å². The number of nitrogens with two attached hydrogens (primary N) is 1. The van der Waals surface area contributed by atoms with Gasteiger partial charge in [-0.2, -0.15) is 0 Å². The molecule has 1 aliphatic heterocycles. The first-order chi connectivity index (χ1) is 11.5. The van der Waals surface area contributed by atoms with Gasteiger partial charge in [-0.3, -0.25) is 9.59 Å². The summed E-state index contributed by atoms with van der Waals surface area (Å²) in [5.41, 5.74) is 7.36. The number of carbonyl (C=O) groups is 2. The lowest BCUT2D eigenvalue weighted by atomic mass is 9.91. The number of para-hydroxylation sites is 1. The zero-order chi connectivity index (χ0) is 17.3. The Bertz CT molecular complexity index is 625. The molecule has 2 atom stereocenters. The average Bonchev–Trinajstić information content (AvgIpc) is 3.45. The van der Waals surface area contributed by atoms with Crippen molar-refractivity contribution in [3.8, 4) is 0 Å². The van der Waals surface area contributed by atoms with Crippen molar-refractivity contribution in [3.05, 3.63) is 29.8 Å². The molecule has 1 aliphatic carbocycles. The van der Waals surface area contributed by atoms with Gasteiger partial charge in [0.1, 0.15) is 0 Å². The summed E-state index contributed by atoms with van der Waals surface area (Å²) in [4.78, 5) is 29.0. The van der Waals surface area contributed by atoms with Crippen molar-refractivity contribution in [1.82, 2.24) is 4.90 Å². The highest BCUT2D eigenvalue weighted by Gasteiger charge is 2.34. The SMILES string of the molecule is CC(N)C1CCCN(C(=O)c2ccccc2N(C)C(=O)C2CC2)C1. The maximum Gasteiger partial charge on any atom is 0.255 e. The van der Waals surface area contributed by atoms with Crippen molar-refractivity contribution in [2.24, 2.45) is 17.6 Å². The molecule has 5 heteroatoms. The molecule has 2 unspecified atom stereocenters. The number of nitrogens with zero attached hydrogens (tertiary/aromatic N) is 2. The van der Waals surface area contributed by atoms with Gasteiger partial charge in [-0.25, -0.2) is 0 Å². The van der Waals surface area contributed by atoms with Gasteiger partial charge >= 0.3 is 0 Å². The van der Waals surface area contributed by atoms with E-state index >= 15 is 0 Å². The number of carbonyl (C=O) groups excluding carboxylic acids is 2. The molecule has 1 saturated heterocycles. The van der Waals surface area contributed by atoms with Crippen LogP contribution in [0.15, 0.2) is 24.3 Å². The molecule has 0 aromatic heterocycles. The molecule has 0 bridgehead atoms. The van der Waals surface area contributed by atoms with Gasteiger partial charge in [-0.05, 0) is 50.7 Å². The fraction of sp³-hybridized carbons (Fsp3) is 0.579. The fourth-order valence-corrected chi connectivity index (χ4v) is 3.46. The monoisotopic (exact) mass is 329 g/mol. The molecule has 3 rings (SSSR count). The molecule has 1 heterocycles. The highest BCUT2D eigenvalue weighted by Crippen LogP contribution is 2.33. The van der Waals surface area contributed by atoms with E-state index in [0.717, 1.165) is 32.2 Å². The fourth-order valence-electron chi connectivity index (χ4n) is 3.46. The quantitative estimate of drug-likeness (QED) is 0.921. The maximum atomic E-state index is 13.0. The van der Waals surface area contributed by atoms with Crippen molar-refractivity contribution in [1.29, 1.82) is 0 Å². The summed E-state index contributed by atoms with van der Waals surface area (Å²) in [7, 11) is 1.77. The predicted octanol–water partition coefficient (Wildman–Crippen LogP) is 2.26. The lowest BCUT2D eigenvalue weighted by molar-refractivity contribution is -0.119. The zero-order valence-corrected chi connectivity index (χ0v) is 14.6. The zero-order valence-electron chi connectivity index (χ0n) is 14.6. The summed E-state index contributed by atoms with van der Waals surface area (Å²) in [6.45, 7) is 3.47. The first-order valence-corrected chi connectivity index (χ1v) is 8.90. The first-order valence-electron chi connectivity index (χ1n) is 8.90. The molecule has 1 aromatic carbocycles. The largest absolute Gasteiger partial charge is 0.338 e. The third-order valence-corrected chi connectivity index (χ3v) is 5.24. The molecular formula is C19H27N3O2. The van der Waals surface area contributed by atoms with Crippen LogP contribution < -0.4 is 10.6 Å². The van der Waals surface area contributed by atoms with Crippen LogP contribution in [0.5, 0.6) is 0 Å². The second-order valence-electron chi connectivity index (χ2n) is 7.20. The van der Waals surface area contributed by atoms with E-state index in [1.165, 1.54) is 0 Å². The molecule has 2 aliphatic rings. The summed E-state index contributed by atoms with van der Waals surface area (Å²) < 4.78 is 0. The molecule has 24 heavy (non-hydrogen) atoms. The molecule has 2 N–H and O–H groups in total. The average molecular weight is 329 g/mol. The van der Waals surface area contributed by atoms with E-state index in [-0.39, 0.29) is 23.8 Å². The number of likely N-dealkylation sites (tertiary alicyclic amines) is 1. The molecule has 2 amide bonds. The Hall–Kier alpha value is -1.88. The Labute approximate surface area is 143 Å². The van der Waals surface area contributed by atoms with Crippen LogP contribution in [0.3, 0.4) is 0 Å². The number of hydrogen-bond donors (Lipinski definition) is 1. The lowest BCUT2D eigenvalue weighted by Gasteiger charge is -2.35. The van der Waals surface area contributed by atoms with E-state index in [1.54, 1.807) is 11.9 Å². The van der Waals surface area contributed by atoms with E-state index in [1.807, 2.05) is 36.1 Å². The molecule has 1 aromatic rings. The van der Waals surface area contributed by atoms with Crippen LogP contribution in [0.25, 0.3) is 0 Å². The Morgan fingerprint density at radius 1 is 1.25 bits per heavy atom. The van der Waals surface area contributed by atoms with Crippen LogP contribution in [0.4, 0.5) is 5.69 Å². The number of hydrogen-bond acceptors (Lipinski definition) is 3. The van der Waals surface area contributed by atoms with Crippen molar-refractivity contribution in [2.75, 3.05) is 25.0 Å². The molecule has 0 radical (unpaired) electrons. The van der Waals surface area contributed by atoms with Gasteiger partial charge in [0.05, 0.1) is 11.3 Å². The number of amides is 2. The van der Waals surface area contributed by atoms with Crippen LogP contribution in [-0.4, -0.2) is 42.9 Å². The molecular weight excluding hydrogens is 302 g/mol. The third kappa shape index (κ3) is 3.46. The highest BCUT2D eigenvalue weighted by molar-refractivity contribution is 6.05. The number of anilines is 1. The van der Waals surface area contributed by atoms with Crippen molar-refractivity contribution >= 4 is 17.5 Å². The number of rotatable bonds is 4. The standard InChI is InChI=1S/C19H27N3O2/c1-13(20)15-6-5-11-22(12-15)19(24)16-7-3-4-8-17(16)21(2)18(23)14-9-10-14/h3-4,7-8,13-15H,5-6,9-12,20H2,1-2H3. The minimum atomic E-state index is 0.00592. The van der Waals surface area contributed by atoms with Gasteiger partial charge in [-0.1, -0.05) is 12.1 Å². The van der Waals surface area contributed by atoms with Crippen LogP contribution in [0, 0.1) is 11.8 Å². The van der Waals surface area contributed by atoms with E-state index < -0.39 is 0 Å². The van der Waals surface area contributed by atoms with Crippen molar-refractivity contribution < 1.29 is 9.59 Å². The van der Waals surface area contributed by atoms with Gasteiger partial charge in [0.15, 0.2) is 0 Å². The topological polar surface area (TPSA) is 66.6 Å². The summed E-state index contributed by atoms with van der Waals surface area (Å²) in [5, 5.41) is 0. The Morgan fingerprint density at radius 2 is 1.96 bits per heavy atom. The minimum Gasteiger partial charge on any atom is -0.338 e. The molecule has 0 spiro atoms. The Balaban J connectivity index is 1.81. The minimum absolute atomic E-state index is 0.00592. The van der Waals surface area contributed by atoms with Gasteiger partial charge < -0.3 is 15.5 Å². The van der Waals surface area contributed by atoms with Crippen molar-refractivity contribution in [2.45, 2.75) is 38.6 Å². The van der Waals surface area contributed by atoms with Crippen molar-refractivity contribution in [3.63, 3.8) is 0 Å². The second kappa shape index (κ2) is 6.93. The van der Waals surface area contributed by atoms with E-state index in [2.05, 4.69) is 0 Å². The predicted molar refractivity (Wildman–Crippen MR) is 94.9 cm³/mol. The molecule has 130 valence electrons. The lowest BCUT2D eigenvalue weighted by Crippen LogP contribution is -2.45. The Morgan fingerprint density at radius 3 is 2.62 bits per heavy atom. The van der Waals surface area contributed by atoms with E-state index in [9.17, 15) is 9.59 Å². The smallest absolute Gasteiger partial charge is 0.255 e. The van der Waals surface area contributed by atoms with Crippen LogP contribution >= 0.6 is 0 Å². The van der Waals surface area contributed by atoms with E-state index in [4.69, 9.17) is 5.73 Å². The third-order valence-electron chi connectivity index (χ3n) is 5.24. The highest BCUT2D eigenvalue weighted by atomic mass is 16.2. The van der Waals surface area contributed by atoms with Gasteiger partial charge in [0.2, 0.25) is 5.91 Å². The van der Waals surface area contributed by atoms with Crippen LogP contribution in [0.1, 0.15) is 43.0 Å².